The molecule has 2 heterocycles. The topological polar surface area (TPSA) is 64.2 Å². The van der Waals surface area contributed by atoms with Gasteiger partial charge in [-0.1, -0.05) is 12.8 Å². The van der Waals surface area contributed by atoms with E-state index in [-0.39, 0.29) is 5.91 Å². The zero-order valence-corrected chi connectivity index (χ0v) is 10.8. The molecule has 0 aliphatic carbocycles. The number of hydrogen-bond donors (Lipinski definition) is 1. The lowest BCUT2D eigenvalue weighted by molar-refractivity contribution is -0.131. The lowest BCUT2D eigenvalue weighted by Gasteiger charge is -2.20. The van der Waals surface area contributed by atoms with Gasteiger partial charge in [0.15, 0.2) is 0 Å². The van der Waals surface area contributed by atoms with Crippen molar-refractivity contribution in [3.05, 3.63) is 18.2 Å². The largest absolute Gasteiger partial charge is 0.341 e. The van der Waals surface area contributed by atoms with Crippen LogP contribution < -0.4 is 5.73 Å². The molecule has 0 radical (unpaired) electrons. The number of carbonyl (C=O) groups excluding carboxylic acids is 1. The van der Waals surface area contributed by atoms with E-state index in [1.807, 2.05) is 15.7 Å². The van der Waals surface area contributed by atoms with Crippen LogP contribution in [0.25, 0.3) is 0 Å². The molecule has 0 unspecified atom stereocenters. The van der Waals surface area contributed by atoms with Gasteiger partial charge in [-0.15, -0.1) is 0 Å². The summed E-state index contributed by atoms with van der Waals surface area (Å²) in [4.78, 5) is 18.4. The van der Waals surface area contributed by atoms with Gasteiger partial charge >= 0.3 is 0 Å². The molecule has 1 saturated heterocycles. The van der Waals surface area contributed by atoms with Gasteiger partial charge in [0.05, 0.1) is 12.0 Å². The van der Waals surface area contributed by atoms with Crippen molar-refractivity contribution in [1.82, 2.24) is 14.5 Å². The van der Waals surface area contributed by atoms with E-state index in [9.17, 15) is 4.79 Å². The first-order valence-electron chi connectivity index (χ1n) is 6.78. The van der Waals surface area contributed by atoms with Gasteiger partial charge in [-0.05, 0) is 19.4 Å². The smallest absolute Gasteiger partial charge is 0.242 e. The zero-order chi connectivity index (χ0) is 12.8. The van der Waals surface area contributed by atoms with Gasteiger partial charge < -0.3 is 15.2 Å². The third kappa shape index (κ3) is 3.57. The van der Waals surface area contributed by atoms with E-state index in [4.69, 9.17) is 5.73 Å². The molecule has 0 atom stereocenters. The van der Waals surface area contributed by atoms with Crippen LogP contribution in [-0.2, 0) is 17.8 Å². The Bertz CT molecular complexity index is 380. The van der Waals surface area contributed by atoms with Crippen LogP contribution in [0, 0.1) is 0 Å². The van der Waals surface area contributed by atoms with E-state index in [2.05, 4.69) is 4.98 Å². The summed E-state index contributed by atoms with van der Waals surface area (Å²) in [5.74, 6) is 0.202. The molecule has 0 bridgehead atoms. The second kappa shape index (κ2) is 6.54. The molecule has 5 nitrogen and oxygen atoms in total. The Balaban J connectivity index is 1.88. The quantitative estimate of drug-likeness (QED) is 0.859. The number of likely N-dealkylation sites (tertiary alicyclic amines) is 1. The number of hydrogen-bond acceptors (Lipinski definition) is 3. The fourth-order valence-electron chi connectivity index (χ4n) is 2.35. The standard InChI is InChI=1S/C13H22N4O/c14-6-5-12-9-16(11-15-12)10-13(18)17-7-3-1-2-4-8-17/h9,11H,1-8,10,14H2. The number of nitrogens with two attached hydrogens (primary N) is 1. The second-order valence-corrected chi connectivity index (χ2v) is 4.87. The Morgan fingerprint density at radius 2 is 2.00 bits per heavy atom. The summed E-state index contributed by atoms with van der Waals surface area (Å²) in [6, 6.07) is 0. The highest BCUT2D eigenvalue weighted by molar-refractivity contribution is 5.76. The van der Waals surface area contributed by atoms with Gasteiger partial charge in [0, 0.05) is 25.7 Å². The maximum Gasteiger partial charge on any atom is 0.242 e. The van der Waals surface area contributed by atoms with Crippen LogP contribution in [-0.4, -0.2) is 40.0 Å². The van der Waals surface area contributed by atoms with Crippen LogP contribution in [0.1, 0.15) is 31.4 Å². The minimum Gasteiger partial charge on any atom is -0.341 e. The first kappa shape index (κ1) is 13.1. The molecule has 2 N–H and O–H groups in total. The van der Waals surface area contributed by atoms with Crippen LogP contribution in [0.3, 0.4) is 0 Å². The maximum absolute atomic E-state index is 12.1. The lowest BCUT2D eigenvalue weighted by Crippen LogP contribution is -2.34. The number of nitrogens with zero attached hydrogens (tertiary/aromatic N) is 3. The first-order chi connectivity index (χ1) is 8.79. The summed E-state index contributed by atoms with van der Waals surface area (Å²) in [5.41, 5.74) is 6.44. The molecule has 0 aromatic carbocycles. The van der Waals surface area contributed by atoms with Gasteiger partial charge in [-0.25, -0.2) is 4.98 Å². The van der Waals surface area contributed by atoms with Crippen LogP contribution in [0.2, 0.25) is 0 Å². The fraction of sp³-hybridized carbons (Fsp3) is 0.692. The molecular weight excluding hydrogens is 228 g/mol. The van der Waals surface area contributed by atoms with Crippen molar-refractivity contribution in [3.8, 4) is 0 Å². The number of carbonyl (C=O) groups is 1. The van der Waals surface area contributed by atoms with Crippen molar-refractivity contribution < 1.29 is 4.79 Å². The Morgan fingerprint density at radius 1 is 1.28 bits per heavy atom. The van der Waals surface area contributed by atoms with Crippen LogP contribution >= 0.6 is 0 Å². The van der Waals surface area contributed by atoms with E-state index >= 15 is 0 Å². The molecule has 18 heavy (non-hydrogen) atoms. The molecular formula is C13H22N4O. The highest BCUT2D eigenvalue weighted by Gasteiger charge is 2.15. The summed E-state index contributed by atoms with van der Waals surface area (Å²) in [6.45, 7) is 2.81. The van der Waals surface area contributed by atoms with E-state index < -0.39 is 0 Å². The third-order valence-corrected chi connectivity index (χ3v) is 3.36. The van der Waals surface area contributed by atoms with Gasteiger partial charge in [0.25, 0.3) is 0 Å². The van der Waals surface area contributed by atoms with Crippen LogP contribution in [0.15, 0.2) is 12.5 Å². The Labute approximate surface area is 108 Å². The molecule has 1 aliphatic heterocycles. The number of aromatic nitrogens is 2. The lowest BCUT2D eigenvalue weighted by atomic mass is 10.2. The average Bonchev–Trinajstić information content (AvgIpc) is 2.65. The highest BCUT2D eigenvalue weighted by Crippen LogP contribution is 2.10. The van der Waals surface area contributed by atoms with Crippen molar-refractivity contribution >= 4 is 5.91 Å². The van der Waals surface area contributed by atoms with Gasteiger partial charge in [0.2, 0.25) is 5.91 Å². The molecule has 0 saturated carbocycles. The minimum atomic E-state index is 0.202. The van der Waals surface area contributed by atoms with Gasteiger partial charge in [0.1, 0.15) is 6.54 Å². The SMILES string of the molecule is NCCc1cn(CC(=O)N2CCCCCC2)cn1. The maximum atomic E-state index is 12.1. The van der Waals surface area contributed by atoms with E-state index in [1.54, 1.807) is 6.33 Å². The summed E-state index contributed by atoms with van der Waals surface area (Å²) in [6.07, 6.45) is 9.17. The van der Waals surface area contributed by atoms with Gasteiger partial charge in [-0.3, -0.25) is 4.79 Å². The molecule has 2 rings (SSSR count). The number of imidazole rings is 1. The first-order valence-corrected chi connectivity index (χ1v) is 6.78. The average molecular weight is 250 g/mol. The Kier molecular flexibility index (Phi) is 4.75. The van der Waals surface area contributed by atoms with Crippen LogP contribution in [0.5, 0.6) is 0 Å². The van der Waals surface area contributed by atoms with Crippen LogP contribution in [0.4, 0.5) is 0 Å². The predicted molar refractivity (Wildman–Crippen MR) is 70.0 cm³/mol. The molecule has 1 fully saturated rings. The summed E-state index contributed by atoms with van der Waals surface area (Å²) in [7, 11) is 0. The highest BCUT2D eigenvalue weighted by atomic mass is 16.2. The van der Waals surface area contributed by atoms with Crippen molar-refractivity contribution in [2.45, 2.75) is 38.6 Å². The number of amides is 1. The number of rotatable bonds is 4. The predicted octanol–water partition coefficient (Wildman–Crippen LogP) is 0.787. The monoisotopic (exact) mass is 250 g/mol. The third-order valence-electron chi connectivity index (χ3n) is 3.36. The molecule has 0 spiro atoms. The van der Waals surface area contributed by atoms with E-state index in [1.165, 1.54) is 12.8 Å². The molecule has 1 aliphatic rings. The normalized spacial score (nSPS) is 16.6. The Hall–Kier alpha value is -1.36. The molecule has 1 aromatic heterocycles. The van der Waals surface area contributed by atoms with Crippen molar-refractivity contribution in [2.75, 3.05) is 19.6 Å². The summed E-state index contributed by atoms with van der Waals surface area (Å²) in [5, 5.41) is 0. The van der Waals surface area contributed by atoms with Crippen molar-refractivity contribution in [3.63, 3.8) is 0 Å². The molecule has 1 amide bonds. The summed E-state index contributed by atoms with van der Waals surface area (Å²) < 4.78 is 1.86. The van der Waals surface area contributed by atoms with Crippen molar-refractivity contribution in [1.29, 1.82) is 0 Å². The van der Waals surface area contributed by atoms with E-state index in [0.717, 1.165) is 38.0 Å². The second-order valence-electron chi connectivity index (χ2n) is 4.87. The summed E-state index contributed by atoms with van der Waals surface area (Å²) >= 11 is 0. The molecule has 1 aromatic rings. The molecule has 5 heteroatoms. The minimum absolute atomic E-state index is 0.202. The zero-order valence-electron chi connectivity index (χ0n) is 10.8. The molecule has 100 valence electrons. The van der Waals surface area contributed by atoms with Crippen molar-refractivity contribution in [2.24, 2.45) is 5.73 Å². The van der Waals surface area contributed by atoms with E-state index in [0.29, 0.717) is 13.1 Å². The van der Waals surface area contributed by atoms with Gasteiger partial charge in [-0.2, -0.15) is 0 Å². The fourth-order valence-corrected chi connectivity index (χ4v) is 2.35. The Morgan fingerprint density at radius 3 is 2.67 bits per heavy atom.